The molecule has 0 amide bonds. The molecule has 1 aliphatic heterocycles. The van der Waals surface area contributed by atoms with Crippen LogP contribution in [0.25, 0.3) is 0 Å². The van der Waals surface area contributed by atoms with Crippen molar-refractivity contribution in [1.82, 2.24) is 0 Å². The molecule has 1 heterocycles. The Morgan fingerprint density at radius 3 is 2.73 bits per heavy atom. The zero-order valence-corrected chi connectivity index (χ0v) is 8.98. The van der Waals surface area contributed by atoms with Gasteiger partial charge in [-0.25, -0.2) is 0 Å². The van der Waals surface area contributed by atoms with Gasteiger partial charge in [0, 0.05) is 0 Å². The van der Waals surface area contributed by atoms with Gasteiger partial charge < -0.3 is 0 Å². The third-order valence-electron chi connectivity index (χ3n) is 2.26. The van der Waals surface area contributed by atoms with E-state index in [1.807, 2.05) is 0 Å². The fraction of sp³-hybridized carbons (Fsp3) is 0.300. The number of rotatable bonds is 0. The minimum atomic E-state index is 0.175. The third-order valence-corrected chi connectivity index (χ3v) is 5.30. The molecule has 1 radical (unpaired) electrons. The molecule has 0 aliphatic carbocycles. The molecule has 1 aromatic carbocycles. The first kappa shape index (κ1) is 7.29. The van der Waals surface area contributed by atoms with Gasteiger partial charge in [0.25, 0.3) is 0 Å². The first-order chi connectivity index (χ1) is 5.29. The molecule has 0 bridgehead atoms. The summed E-state index contributed by atoms with van der Waals surface area (Å²) in [5, 5.41) is 0. The van der Waals surface area contributed by atoms with Crippen molar-refractivity contribution in [1.29, 1.82) is 0 Å². The van der Waals surface area contributed by atoms with Crippen molar-refractivity contribution in [2.24, 2.45) is 0 Å². The van der Waals surface area contributed by atoms with Gasteiger partial charge in [-0.2, -0.15) is 0 Å². The van der Waals surface area contributed by atoms with Gasteiger partial charge in [-0.15, -0.1) is 0 Å². The molecule has 1 aliphatic rings. The van der Waals surface area contributed by atoms with Crippen LogP contribution in [0.3, 0.4) is 0 Å². The van der Waals surface area contributed by atoms with Crippen molar-refractivity contribution in [2.45, 2.75) is 18.6 Å². The number of benzene rings is 1. The minimum absolute atomic E-state index is 0.175. The Hall–Kier alpha value is -0.367. The van der Waals surface area contributed by atoms with Crippen LogP contribution in [0.4, 0.5) is 0 Å². The van der Waals surface area contributed by atoms with Crippen molar-refractivity contribution in [3.05, 3.63) is 35.4 Å². The first-order valence-corrected chi connectivity index (χ1v) is 6.24. The average Bonchev–Trinajstić information content (AvgIpc) is 2.30. The number of fused-ring (bicyclic) bond motifs is 1. The quantitative estimate of drug-likeness (QED) is 0.566. The van der Waals surface area contributed by atoms with Crippen LogP contribution in [0.15, 0.2) is 24.3 Å². The van der Waals surface area contributed by atoms with Crippen LogP contribution in [0.5, 0.6) is 0 Å². The van der Waals surface area contributed by atoms with Gasteiger partial charge in [0.15, 0.2) is 0 Å². The van der Waals surface area contributed by atoms with Crippen LogP contribution < -0.4 is 0 Å². The van der Waals surface area contributed by atoms with Crippen LogP contribution in [-0.2, 0) is 0 Å². The summed E-state index contributed by atoms with van der Waals surface area (Å²) in [6.45, 7) is 4.65. The summed E-state index contributed by atoms with van der Waals surface area (Å²) in [4.78, 5) is 0. The van der Waals surface area contributed by atoms with Crippen LogP contribution in [0.2, 0.25) is 0 Å². The molecule has 1 unspecified atom stereocenters. The second kappa shape index (κ2) is 2.59. The molecular formula is C10H11Ge. The fourth-order valence-corrected chi connectivity index (χ4v) is 4.72. The van der Waals surface area contributed by atoms with Gasteiger partial charge in [-0.3, -0.25) is 0 Å². The summed E-state index contributed by atoms with van der Waals surface area (Å²) >= 11 is 0.175. The van der Waals surface area contributed by atoms with E-state index in [4.69, 9.17) is 0 Å². The molecule has 0 spiro atoms. The number of hydrogen-bond acceptors (Lipinski definition) is 0. The Labute approximate surface area is 73.6 Å². The van der Waals surface area contributed by atoms with E-state index in [9.17, 15) is 0 Å². The predicted octanol–water partition coefficient (Wildman–Crippen LogP) is 2.01. The van der Waals surface area contributed by atoms with Crippen molar-refractivity contribution in [2.75, 3.05) is 0 Å². The summed E-state index contributed by atoms with van der Waals surface area (Å²) in [7, 11) is 0. The SMILES string of the molecule is C[C]1=[Ge][CH](C)c2ccccc21. The fourth-order valence-electron chi connectivity index (χ4n) is 1.70. The zero-order chi connectivity index (χ0) is 7.84. The number of hydrogen-bond donors (Lipinski definition) is 0. The summed E-state index contributed by atoms with van der Waals surface area (Å²) in [5.74, 6) is 0. The van der Waals surface area contributed by atoms with Gasteiger partial charge in [-0.1, -0.05) is 0 Å². The third kappa shape index (κ3) is 1.10. The molecule has 1 aromatic rings. The molecule has 0 N–H and O–H groups in total. The molecule has 55 valence electrons. The molecular weight excluding hydrogens is 193 g/mol. The summed E-state index contributed by atoms with van der Waals surface area (Å²) in [5.41, 5.74) is 3.13. The Bertz CT molecular complexity index is 312. The van der Waals surface area contributed by atoms with E-state index < -0.39 is 0 Å². The van der Waals surface area contributed by atoms with Crippen LogP contribution in [0.1, 0.15) is 29.7 Å². The molecule has 1 heteroatoms. The normalized spacial score (nSPS) is 21.3. The van der Waals surface area contributed by atoms with E-state index in [1.54, 1.807) is 15.5 Å². The van der Waals surface area contributed by atoms with E-state index in [0.29, 0.717) is 0 Å². The van der Waals surface area contributed by atoms with Crippen molar-refractivity contribution < 1.29 is 0 Å². The second-order valence-corrected chi connectivity index (χ2v) is 7.07. The van der Waals surface area contributed by atoms with E-state index in [0.717, 1.165) is 4.75 Å². The van der Waals surface area contributed by atoms with Gasteiger partial charge >= 0.3 is 73.3 Å². The summed E-state index contributed by atoms with van der Waals surface area (Å²) < 4.78 is 2.54. The Balaban J connectivity index is 2.62. The first-order valence-electron chi connectivity index (χ1n) is 3.98. The van der Waals surface area contributed by atoms with Crippen molar-refractivity contribution >= 4 is 19.3 Å². The summed E-state index contributed by atoms with van der Waals surface area (Å²) in [6.07, 6.45) is 0. The Morgan fingerprint density at radius 2 is 2.00 bits per heavy atom. The second-order valence-electron chi connectivity index (χ2n) is 3.08. The average molecular weight is 204 g/mol. The maximum atomic E-state index is 2.36. The molecule has 0 saturated carbocycles. The van der Waals surface area contributed by atoms with Crippen molar-refractivity contribution in [3.8, 4) is 0 Å². The molecule has 1 atom stereocenters. The zero-order valence-electron chi connectivity index (χ0n) is 6.89. The van der Waals surface area contributed by atoms with E-state index >= 15 is 0 Å². The maximum absolute atomic E-state index is 2.36. The van der Waals surface area contributed by atoms with E-state index in [1.165, 1.54) is 0 Å². The van der Waals surface area contributed by atoms with Crippen LogP contribution in [-0.4, -0.2) is 19.3 Å². The van der Waals surface area contributed by atoms with Gasteiger partial charge in [-0.05, 0) is 0 Å². The van der Waals surface area contributed by atoms with Gasteiger partial charge in [0.05, 0.1) is 0 Å². The van der Waals surface area contributed by atoms with Crippen LogP contribution >= 0.6 is 0 Å². The summed E-state index contributed by atoms with van der Waals surface area (Å²) in [6, 6.07) is 8.84. The molecule has 0 nitrogen and oxygen atoms in total. The van der Waals surface area contributed by atoms with E-state index in [2.05, 4.69) is 38.1 Å². The Kier molecular flexibility index (Phi) is 1.72. The van der Waals surface area contributed by atoms with E-state index in [-0.39, 0.29) is 15.0 Å². The predicted molar refractivity (Wildman–Crippen MR) is 50.4 cm³/mol. The molecule has 0 fully saturated rings. The molecule has 11 heavy (non-hydrogen) atoms. The van der Waals surface area contributed by atoms with Crippen LogP contribution in [0, 0.1) is 0 Å². The van der Waals surface area contributed by atoms with Gasteiger partial charge in [0.1, 0.15) is 0 Å². The van der Waals surface area contributed by atoms with Crippen molar-refractivity contribution in [3.63, 3.8) is 0 Å². The standard InChI is InChI=1S/C10H11Ge/c1-7-9-5-3-4-6-10(9)8(2)11-7/h3-7H,1-2H3. The topological polar surface area (TPSA) is 0 Å². The molecule has 2 rings (SSSR count). The Morgan fingerprint density at radius 1 is 1.27 bits per heavy atom. The molecule has 0 aromatic heterocycles. The molecule has 0 saturated heterocycles. The monoisotopic (exact) mass is 205 g/mol. The van der Waals surface area contributed by atoms with Gasteiger partial charge in [0.2, 0.25) is 0 Å².